The standard InChI is InChI=1S/C30H25N5/c1-35(2)23-17-13-21(14-18-23)29-19-28(33-34-29)20-11-15-22(16-12-20)31-30-24-7-3-5-9-26(24)32-27-10-6-4-8-25(27)30/h3-19H,1-2H3,(H,31,32)(H,33,34). The van der Waals surface area contributed by atoms with Crippen LogP contribution in [0.5, 0.6) is 0 Å². The molecule has 0 saturated heterocycles. The molecule has 0 spiro atoms. The molecule has 6 rings (SSSR count). The molecule has 170 valence electrons. The first-order valence-electron chi connectivity index (χ1n) is 11.6. The third kappa shape index (κ3) is 3.97. The lowest BCUT2D eigenvalue weighted by Crippen LogP contribution is -2.07. The van der Waals surface area contributed by atoms with Gasteiger partial charge in [0, 0.05) is 41.8 Å². The molecule has 6 aromatic rings. The van der Waals surface area contributed by atoms with Gasteiger partial charge in [-0.2, -0.15) is 5.10 Å². The summed E-state index contributed by atoms with van der Waals surface area (Å²) in [6, 6.07) is 35.4. The van der Waals surface area contributed by atoms with Crippen LogP contribution in [0.25, 0.3) is 44.3 Å². The van der Waals surface area contributed by atoms with E-state index < -0.39 is 0 Å². The fourth-order valence-corrected chi connectivity index (χ4v) is 4.40. The van der Waals surface area contributed by atoms with Crippen molar-refractivity contribution >= 4 is 38.9 Å². The average molecular weight is 456 g/mol. The van der Waals surface area contributed by atoms with E-state index in [0.717, 1.165) is 55.7 Å². The minimum atomic E-state index is 0.933. The molecule has 5 nitrogen and oxygen atoms in total. The van der Waals surface area contributed by atoms with Crippen LogP contribution < -0.4 is 10.2 Å². The molecule has 2 N–H and O–H groups in total. The second-order valence-electron chi connectivity index (χ2n) is 8.83. The smallest absolute Gasteiger partial charge is 0.0927 e. The van der Waals surface area contributed by atoms with Gasteiger partial charge in [0.1, 0.15) is 0 Å². The van der Waals surface area contributed by atoms with Gasteiger partial charge in [0.25, 0.3) is 0 Å². The normalized spacial score (nSPS) is 11.1. The van der Waals surface area contributed by atoms with E-state index in [0.29, 0.717) is 0 Å². The van der Waals surface area contributed by atoms with Crippen molar-refractivity contribution in [2.75, 3.05) is 24.3 Å². The number of fused-ring (bicyclic) bond motifs is 2. The van der Waals surface area contributed by atoms with E-state index in [1.165, 1.54) is 5.69 Å². The molecule has 0 fully saturated rings. The van der Waals surface area contributed by atoms with Crippen LogP contribution in [0.1, 0.15) is 0 Å². The van der Waals surface area contributed by atoms with Gasteiger partial charge in [0.2, 0.25) is 0 Å². The number of aromatic nitrogens is 3. The van der Waals surface area contributed by atoms with Gasteiger partial charge in [0.05, 0.1) is 28.1 Å². The van der Waals surface area contributed by atoms with Crippen molar-refractivity contribution in [3.63, 3.8) is 0 Å². The fraction of sp³-hybridized carbons (Fsp3) is 0.0667. The number of pyridine rings is 1. The summed E-state index contributed by atoms with van der Waals surface area (Å²) in [6.45, 7) is 0. The number of aromatic amines is 1. The summed E-state index contributed by atoms with van der Waals surface area (Å²) in [5.74, 6) is 0. The molecule has 0 unspecified atom stereocenters. The summed E-state index contributed by atoms with van der Waals surface area (Å²) in [6.07, 6.45) is 0. The monoisotopic (exact) mass is 455 g/mol. The number of benzene rings is 4. The van der Waals surface area contributed by atoms with E-state index in [4.69, 9.17) is 4.98 Å². The predicted molar refractivity (Wildman–Crippen MR) is 146 cm³/mol. The van der Waals surface area contributed by atoms with Crippen molar-refractivity contribution < 1.29 is 0 Å². The first-order valence-corrected chi connectivity index (χ1v) is 11.6. The highest BCUT2D eigenvalue weighted by Gasteiger charge is 2.10. The number of para-hydroxylation sites is 2. The van der Waals surface area contributed by atoms with E-state index in [1.54, 1.807) is 0 Å². The lowest BCUT2D eigenvalue weighted by molar-refractivity contribution is 1.10. The van der Waals surface area contributed by atoms with Crippen LogP contribution in [0.2, 0.25) is 0 Å². The Morgan fingerprint density at radius 1 is 0.686 bits per heavy atom. The lowest BCUT2D eigenvalue weighted by atomic mass is 10.1. The molecule has 35 heavy (non-hydrogen) atoms. The Bertz CT molecular complexity index is 1580. The molecule has 0 radical (unpaired) electrons. The molecular weight excluding hydrogens is 430 g/mol. The van der Waals surface area contributed by atoms with Crippen LogP contribution in [-0.4, -0.2) is 29.3 Å². The lowest BCUT2D eigenvalue weighted by Gasteiger charge is -2.13. The van der Waals surface area contributed by atoms with E-state index in [9.17, 15) is 0 Å². The Balaban J connectivity index is 1.29. The highest BCUT2D eigenvalue weighted by molar-refractivity contribution is 6.08. The Hall–Kier alpha value is -4.64. The van der Waals surface area contributed by atoms with Crippen LogP contribution >= 0.6 is 0 Å². The molecule has 0 bridgehead atoms. The van der Waals surface area contributed by atoms with Crippen molar-refractivity contribution in [1.82, 2.24) is 15.2 Å². The zero-order chi connectivity index (χ0) is 23.8. The maximum Gasteiger partial charge on any atom is 0.0927 e. The Kier molecular flexibility index (Phi) is 5.15. The van der Waals surface area contributed by atoms with E-state index in [1.807, 2.05) is 26.2 Å². The van der Waals surface area contributed by atoms with Crippen molar-refractivity contribution in [2.45, 2.75) is 0 Å². The van der Waals surface area contributed by atoms with Crippen molar-refractivity contribution in [3.05, 3.63) is 103 Å². The largest absolute Gasteiger partial charge is 0.378 e. The molecule has 0 aliphatic heterocycles. The molecule has 2 heterocycles. The maximum atomic E-state index is 4.82. The molecule has 0 aliphatic carbocycles. The second kappa shape index (κ2) is 8.61. The van der Waals surface area contributed by atoms with Crippen LogP contribution in [0, 0.1) is 0 Å². The van der Waals surface area contributed by atoms with Gasteiger partial charge < -0.3 is 10.2 Å². The number of rotatable bonds is 5. The first-order chi connectivity index (χ1) is 17.2. The molecule has 0 aliphatic rings. The molecular formula is C30H25N5. The number of H-pyrrole nitrogens is 1. The summed E-state index contributed by atoms with van der Waals surface area (Å²) in [4.78, 5) is 6.91. The van der Waals surface area contributed by atoms with Gasteiger partial charge in [-0.3, -0.25) is 5.10 Å². The summed E-state index contributed by atoms with van der Waals surface area (Å²) in [7, 11) is 4.08. The van der Waals surface area contributed by atoms with E-state index in [2.05, 4.69) is 111 Å². The average Bonchev–Trinajstić information content (AvgIpc) is 3.39. The van der Waals surface area contributed by atoms with Crippen LogP contribution in [0.3, 0.4) is 0 Å². The van der Waals surface area contributed by atoms with Crippen LogP contribution in [0.4, 0.5) is 17.1 Å². The topological polar surface area (TPSA) is 56.8 Å². The predicted octanol–water partition coefficient (Wildman–Crippen LogP) is 7.25. The Labute approximate surface area is 204 Å². The fourth-order valence-electron chi connectivity index (χ4n) is 4.40. The maximum absolute atomic E-state index is 4.82. The first kappa shape index (κ1) is 20.9. The summed E-state index contributed by atoms with van der Waals surface area (Å²) in [5.41, 5.74) is 9.32. The third-order valence-electron chi connectivity index (χ3n) is 6.31. The summed E-state index contributed by atoms with van der Waals surface area (Å²) in [5, 5.41) is 13.6. The highest BCUT2D eigenvalue weighted by Crippen LogP contribution is 2.33. The van der Waals surface area contributed by atoms with Crippen molar-refractivity contribution in [1.29, 1.82) is 0 Å². The molecule has 0 amide bonds. The summed E-state index contributed by atoms with van der Waals surface area (Å²) < 4.78 is 0. The second-order valence-corrected chi connectivity index (χ2v) is 8.83. The van der Waals surface area contributed by atoms with Gasteiger partial charge in [0.15, 0.2) is 0 Å². The van der Waals surface area contributed by atoms with Gasteiger partial charge in [-0.15, -0.1) is 0 Å². The van der Waals surface area contributed by atoms with Gasteiger partial charge in [-0.05, 0) is 48.0 Å². The zero-order valence-electron chi connectivity index (χ0n) is 19.7. The molecule has 5 heteroatoms. The quantitative estimate of drug-likeness (QED) is 0.269. The highest BCUT2D eigenvalue weighted by atomic mass is 15.1. The molecule has 2 aromatic heterocycles. The Morgan fingerprint density at radius 2 is 1.29 bits per heavy atom. The van der Waals surface area contributed by atoms with Crippen LogP contribution in [-0.2, 0) is 0 Å². The number of hydrogen-bond acceptors (Lipinski definition) is 4. The van der Waals surface area contributed by atoms with Gasteiger partial charge >= 0.3 is 0 Å². The van der Waals surface area contributed by atoms with Gasteiger partial charge in [-0.25, -0.2) is 4.98 Å². The minimum absolute atomic E-state index is 0.933. The summed E-state index contributed by atoms with van der Waals surface area (Å²) >= 11 is 0. The molecule has 0 saturated carbocycles. The third-order valence-corrected chi connectivity index (χ3v) is 6.31. The number of hydrogen-bond donors (Lipinski definition) is 2. The van der Waals surface area contributed by atoms with Crippen LogP contribution in [0.15, 0.2) is 103 Å². The number of nitrogens with zero attached hydrogens (tertiary/aromatic N) is 3. The van der Waals surface area contributed by atoms with E-state index in [-0.39, 0.29) is 0 Å². The minimum Gasteiger partial charge on any atom is -0.378 e. The Morgan fingerprint density at radius 3 is 1.91 bits per heavy atom. The van der Waals surface area contributed by atoms with Crippen molar-refractivity contribution in [2.24, 2.45) is 0 Å². The van der Waals surface area contributed by atoms with Crippen molar-refractivity contribution in [3.8, 4) is 22.5 Å². The zero-order valence-corrected chi connectivity index (χ0v) is 19.7. The van der Waals surface area contributed by atoms with Gasteiger partial charge in [-0.1, -0.05) is 60.7 Å². The number of anilines is 3. The number of nitrogens with one attached hydrogen (secondary N) is 2. The molecule has 0 atom stereocenters. The molecule has 4 aromatic carbocycles. The van der Waals surface area contributed by atoms with E-state index >= 15 is 0 Å². The SMILES string of the molecule is CN(C)c1ccc(-c2cc(-c3ccc(Nc4c5ccccc5nc5ccccc45)cc3)[nH]n2)cc1.